The van der Waals surface area contributed by atoms with Gasteiger partial charge in [0, 0.05) is 13.7 Å². The fraction of sp³-hybridized carbons (Fsp3) is 0.583. The van der Waals surface area contributed by atoms with Crippen molar-refractivity contribution in [2.45, 2.75) is 24.7 Å². The van der Waals surface area contributed by atoms with Crippen molar-refractivity contribution in [3.63, 3.8) is 0 Å². The van der Waals surface area contributed by atoms with E-state index in [-0.39, 0.29) is 19.5 Å². The second-order valence-electron chi connectivity index (χ2n) is 5.01. The lowest BCUT2D eigenvalue weighted by molar-refractivity contribution is -0.140. The molecule has 128 valence electrons. The number of nitrogens with one attached hydrogen (secondary N) is 2. The summed E-state index contributed by atoms with van der Waals surface area (Å²) in [4.78, 5) is 29.4. The Labute approximate surface area is 128 Å². The molecule has 1 aliphatic heterocycles. The van der Waals surface area contributed by atoms with E-state index in [1.807, 2.05) is 4.98 Å². The molecule has 3 N–H and O–H groups in total. The number of carbonyl (C=O) groups is 2. The van der Waals surface area contributed by atoms with Crippen molar-refractivity contribution in [3.8, 4) is 0 Å². The smallest absolute Gasteiger partial charge is 0.432 e. The summed E-state index contributed by atoms with van der Waals surface area (Å²) in [5.74, 6) is -1.27. The van der Waals surface area contributed by atoms with Crippen LogP contribution in [0.4, 0.5) is 18.0 Å². The minimum atomic E-state index is -4.62. The number of piperidine rings is 1. The molecule has 8 nitrogen and oxygen atoms in total. The highest BCUT2D eigenvalue weighted by molar-refractivity contribution is 5.90. The number of likely N-dealkylation sites (tertiary alicyclic amines) is 1. The Hall–Kier alpha value is -2.30. The Bertz CT molecular complexity index is 589. The lowest BCUT2D eigenvalue weighted by atomic mass is 10.0. The molecule has 1 fully saturated rings. The Kier molecular flexibility index (Phi) is 4.78. The number of hydrogen-bond donors (Lipinski definition) is 3. The van der Waals surface area contributed by atoms with E-state index in [1.165, 1.54) is 7.11 Å². The van der Waals surface area contributed by atoms with Gasteiger partial charge in [0.1, 0.15) is 5.69 Å². The Morgan fingerprint density at radius 1 is 1.52 bits per heavy atom. The summed E-state index contributed by atoms with van der Waals surface area (Å²) in [5.41, 5.74) is -1.12. The second kappa shape index (κ2) is 6.44. The number of halogens is 3. The molecule has 0 spiro atoms. The maximum atomic E-state index is 12.5. The number of aromatic amines is 1. The number of alkyl halides is 3. The fourth-order valence-electron chi connectivity index (χ4n) is 2.31. The van der Waals surface area contributed by atoms with Gasteiger partial charge in [-0.3, -0.25) is 4.79 Å². The molecule has 0 unspecified atom stereocenters. The molecule has 1 aromatic heterocycles. The maximum absolute atomic E-state index is 12.5. The lowest BCUT2D eigenvalue weighted by Gasteiger charge is -2.36. The standard InChI is InChI=1S/C12H15F3N4O4/c1-23-7-5-19(11(21)22)3-2-6(7)17-10(20)9-16-4-8(18-9)12(13,14)15/h4,6-7H,2-3,5H2,1H3,(H,16,18)(H,17,20)(H,21,22)/t6-,7+/m1/s1. The van der Waals surface area contributed by atoms with Crippen molar-refractivity contribution in [2.75, 3.05) is 20.2 Å². The normalized spacial score (nSPS) is 22.0. The minimum Gasteiger partial charge on any atom is -0.465 e. The molecule has 2 rings (SSSR count). The zero-order valence-corrected chi connectivity index (χ0v) is 12.1. The number of carboxylic acid groups (broad SMARTS) is 1. The molecule has 23 heavy (non-hydrogen) atoms. The van der Waals surface area contributed by atoms with Crippen LogP contribution in [0.3, 0.4) is 0 Å². The average molecular weight is 336 g/mol. The highest BCUT2D eigenvalue weighted by atomic mass is 19.4. The topological polar surface area (TPSA) is 108 Å². The third-order valence-corrected chi connectivity index (χ3v) is 3.55. The van der Waals surface area contributed by atoms with Crippen LogP contribution in [0.1, 0.15) is 22.7 Å². The molecule has 2 amide bonds. The van der Waals surface area contributed by atoms with E-state index in [0.717, 1.165) is 4.90 Å². The molecule has 2 atom stereocenters. The molecule has 0 bridgehead atoms. The van der Waals surface area contributed by atoms with Crippen LogP contribution in [0.25, 0.3) is 0 Å². The van der Waals surface area contributed by atoms with E-state index in [0.29, 0.717) is 6.20 Å². The number of nitrogens with zero attached hydrogens (tertiary/aromatic N) is 2. The molecular weight excluding hydrogens is 321 g/mol. The minimum absolute atomic E-state index is 0.0583. The van der Waals surface area contributed by atoms with Gasteiger partial charge >= 0.3 is 12.3 Å². The van der Waals surface area contributed by atoms with Crippen molar-refractivity contribution in [3.05, 3.63) is 17.7 Å². The third kappa shape index (κ3) is 3.92. The van der Waals surface area contributed by atoms with Gasteiger partial charge < -0.3 is 25.0 Å². The van der Waals surface area contributed by atoms with Crippen LogP contribution in [0.15, 0.2) is 6.20 Å². The van der Waals surface area contributed by atoms with Gasteiger partial charge in [0.15, 0.2) is 5.82 Å². The number of imidazole rings is 1. The summed E-state index contributed by atoms with van der Waals surface area (Å²) in [5, 5.41) is 11.5. The largest absolute Gasteiger partial charge is 0.465 e. The lowest BCUT2D eigenvalue weighted by Crippen LogP contribution is -2.55. The molecule has 0 saturated carbocycles. The molecule has 11 heteroatoms. The van der Waals surface area contributed by atoms with E-state index in [2.05, 4.69) is 10.3 Å². The van der Waals surface area contributed by atoms with Crippen molar-refractivity contribution < 1.29 is 32.6 Å². The Balaban J connectivity index is 2.02. The number of methoxy groups -OCH3 is 1. The van der Waals surface area contributed by atoms with Gasteiger partial charge in [0.2, 0.25) is 0 Å². The molecular formula is C12H15F3N4O4. The average Bonchev–Trinajstić information content (AvgIpc) is 2.97. The van der Waals surface area contributed by atoms with Crippen LogP contribution in [0, 0.1) is 0 Å². The summed E-state index contributed by atoms with van der Waals surface area (Å²) >= 11 is 0. The van der Waals surface area contributed by atoms with Crippen LogP contribution in [0.2, 0.25) is 0 Å². The van der Waals surface area contributed by atoms with Gasteiger partial charge in [-0.15, -0.1) is 0 Å². The zero-order valence-electron chi connectivity index (χ0n) is 12.1. The Morgan fingerprint density at radius 2 is 2.22 bits per heavy atom. The predicted molar refractivity (Wildman–Crippen MR) is 69.9 cm³/mol. The molecule has 0 aromatic carbocycles. The van der Waals surface area contributed by atoms with Crippen LogP contribution in [-0.4, -0.2) is 64.3 Å². The zero-order chi connectivity index (χ0) is 17.2. The maximum Gasteiger partial charge on any atom is 0.432 e. The number of ether oxygens (including phenoxy) is 1. The SMILES string of the molecule is CO[C@H]1CN(C(=O)O)CC[C@H]1NC(=O)c1ncc(C(F)(F)F)[nH]1. The van der Waals surface area contributed by atoms with Gasteiger partial charge in [0.25, 0.3) is 5.91 Å². The quantitative estimate of drug-likeness (QED) is 0.761. The molecule has 1 aromatic rings. The van der Waals surface area contributed by atoms with Crippen LogP contribution < -0.4 is 5.32 Å². The number of amides is 2. The predicted octanol–water partition coefficient (Wildman–Crippen LogP) is 0.926. The first-order valence-corrected chi connectivity index (χ1v) is 6.66. The molecule has 0 radical (unpaired) electrons. The number of aromatic nitrogens is 2. The van der Waals surface area contributed by atoms with E-state index in [4.69, 9.17) is 9.84 Å². The highest BCUT2D eigenvalue weighted by Gasteiger charge is 2.35. The van der Waals surface area contributed by atoms with E-state index >= 15 is 0 Å². The number of carbonyl (C=O) groups excluding carboxylic acids is 1. The first kappa shape index (κ1) is 17.1. The molecule has 2 heterocycles. The van der Waals surface area contributed by atoms with Crippen molar-refractivity contribution in [2.24, 2.45) is 0 Å². The molecule has 1 aliphatic rings. The van der Waals surface area contributed by atoms with Crippen molar-refractivity contribution in [1.29, 1.82) is 0 Å². The van der Waals surface area contributed by atoms with E-state index in [9.17, 15) is 22.8 Å². The van der Waals surface area contributed by atoms with E-state index in [1.54, 1.807) is 0 Å². The van der Waals surface area contributed by atoms with Crippen LogP contribution in [-0.2, 0) is 10.9 Å². The monoisotopic (exact) mass is 336 g/mol. The summed E-state index contributed by atoms with van der Waals surface area (Å²) in [6.07, 6.45) is -5.49. The van der Waals surface area contributed by atoms with E-state index < -0.39 is 41.8 Å². The second-order valence-corrected chi connectivity index (χ2v) is 5.01. The van der Waals surface area contributed by atoms with Gasteiger partial charge in [-0.2, -0.15) is 13.2 Å². The van der Waals surface area contributed by atoms with Crippen molar-refractivity contribution in [1.82, 2.24) is 20.2 Å². The summed E-state index contributed by atoms with van der Waals surface area (Å²) in [6, 6.07) is -0.525. The number of hydrogen-bond acceptors (Lipinski definition) is 4. The van der Waals surface area contributed by atoms with Crippen LogP contribution >= 0.6 is 0 Å². The molecule has 0 aliphatic carbocycles. The summed E-state index contributed by atoms with van der Waals surface area (Å²) in [7, 11) is 1.36. The van der Waals surface area contributed by atoms with Crippen LogP contribution in [0.5, 0.6) is 0 Å². The van der Waals surface area contributed by atoms with Gasteiger partial charge in [-0.25, -0.2) is 9.78 Å². The third-order valence-electron chi connectivity index (χ3n) is 3.55. The fourth-order valence-corrected chi connectivity index (χ4v) is 2.31. The molecule has 1 saturated heterocycles. The van der Waals surface area contributed by atoms with Gasteiger partial charge in [-0.1, -0.05) is 0 Å². The first-order valence-electron chi connectivity index (χ1n) is 6.66. The summed E-state index contributed by atoms with van der Waals surface area (Å²) < 4.78 is 42.6. The first-order chi connectivity index (χ1) is 10.7. The Morgan fingerprint density at radius 3 is 2.74 bits per heavy atom. The number of rotatable bonds is 3. The van der Waals surface area contributed by atoms with Crippen molar-refractivity contribution >= 4 is 12.0 Å². The summed E-state index contributed by atoms with van der Waals surface area (Å²) in [6.45, 7) is 0.245. The number of H-pyrrole nitrogens is 1. The van der Waals surface area contributed by atoms with Gasteiger partial charge in [0.05, 0.1) is 24.9 Å². The van der Waals surface area contributed by atoms with Gasteiger partial charge in [-0.05, 0) is 6.42 Å². The highest BCUT2D eigenvalue weighted by Crippen LogP contribution is 2.27.